The summed E-state index contributed by atoms with van der Waals surface area (Å²) < 4.78 is 16.7. The maximum absolute atomic E-state index is 14.4. The molecule has 6 rings (SSSR count). The van der Waals surface area contributed by atoms with E-state index in [9.17, 15) is 34.8 Å². The quantitative estimate of drug-likeness (QED) is 0.403. The van der Waals surface area contributed by atoms with Crippen LogP contribution in [-0.4, -0.2) is 75.3 Å². The molecular weight excluding hydrogens is 496 g/mol. The molecule has 4 saturated carbocycles. The number of ketones is 2. The lowest BCUT2D eigenvalue weighted by Gasteiger charge is -2.72. The summed E-state index contributed by atoms with van der Waals surface area (Å²) in [5.41, 5.74) is -4.37. The molecule has 0 aromatic carbocycles. The van der Waals surface area contributed by atoms with E-state index < -0.39 is 87.8 Å². The van der Waals surface area contributed by atoms with Gasteiger partial charge >= 0.3 is 5.97 Å². The highest BCUT2D eigenvalue weighted by molar-refractivity contribution is 5.96. The molecule has 1 aliphatic heterocycles. The minimum absolute atomic E-state index is 0.0490. The van der Waals surface area contributed by atoms with Gasteiger partial charge in [0.2, 0.25) is 0 Å². The third-order valence-corrected chi connectivity index (χ3v) is 11.6. The van der Waals surface area contributed by atoms with E-state index in [0.717, 1.165) is 0 Å². The molecule has 38 heavy (non-hydrogen) atoms. The molecule has 1 aromatic rings. The molecule has 1 aromatic heterocycles. The summed E-state index contributed by atoms with van der Waals surface area (Å²) in [6.07, 6.45) is -3.14. The average molecular weight is 533 g/mol. The molecule has 1 saturated heterocycles. The lowest BCUT2D eigenvalue weighted by Crippen LogP contribution is -2.80. The van der Waals surface area contributed by atoms with Crippen molar-refractivity contribution in [2.75, 3.05) is 6.61 Å². The summed E-state index contributed by atoms with van der Waals surface area (Å²) in [7, 11) is 0. The molecule has 2 heterocycles. The van der Waals surface area contributed by atoms with Crippen LogP contribution < -0.4 is 0 Å². The SMILES string of the molecule is CC(=O)O[C@@H]1C[C@H](O)[C@@]23CO[C@H](O)[C@]1(C)[C@@H]2C[C@@H](O)[C@@]1(C)[C@@H]2C(=O)C[C@@H](c4ccoc4)[C@]2(C)[C@@H](O)C(=O)[C@@H]13. The number of ether oxygens (including phenoxy) is 2. The minimum atomic E-state index is -1.55. The number of carbonyl (C=O) groups is 3. The van der Waals surface area contributed by atoms with E-state index in [1.54, 1.807) is 26.8 Å². The predicted octanol–water partition coefficient (Wildman–Crippen LogP) is 0.943. The van der Waals surface area contributed by atoms with Crippen molar-refractivity contribution in [3.8, 4) is 0 Å². The van der Waals surface area contributed by atoms with Crippen molar-refractivity contribution in [2.24, 2.45) is 39.4 Å². The summed E-state index contributed by atoms with van der Waals surface area (Å²) in [6.45, 7) is 6.19. The number of rotatable bonds is 2. The van der Waals surface area contributed by atoms with Crippen molar-refractivity contribution in [3.05, 3.63) is 24.2 Å². The summed E-state index contributed by atoms with van der Waals surface area (Å²) in [6, 6.07) is 1.73. The van der Waals surface area contributed by atoms with Crippen molar-refractivity contribution >= 4 is 17.5 Å². The highest BCUT2D eigenvalue weighted by atomic mass is 16.6. The Balaban J connectivity index is 1.53. The van der Waals surface area contributed by atoms with Gasteiger partial charge in [0.25, 0.3) is 0 Å². The Morgan fingerprint density at radius 2 is 1.71 bits per heavy atom. The summed E-state index contributed by atoms with van der Waals surface area (Å²) >= 11 is 0. The van der Waals surface area contributed by atoms with Crippen LogP contribution in [-0.2, 0) is 23.9 Å². The number of hydrogen-bond donors (Lipinski definition) is 4. The predicted molar refractivity (Wildman–Crippen MR) is 128 cm³/mol. The number of esters is 1. The zero-order valence-electron chi connectivity index (χ0n) is 22.0. The van der Waals surface area contributed by atoms with E-state index >= 15 is 0 Å². The summed E-state index contributed by atoms with van der Waals surface area (Å²) in [5, 5.41) is 46.4. The van der Waals surface area contributed by atoms with Gasteiger partial charge in [-0.15, -0.1) is 0 Å². The highest BCUT2D eigenvalue weighted by Gasteiger charge is 2.81. The van der Waals surface area contributed by atoms with Gasteiger partial charge < -0.3 is 34.3 Å². The maximum atomic E-state index is 14.4. The fourth-order valence-electron chi connectivity index (χ4n) is 10.0. The van der Waals surface area contributed by atoms with Crippen LogP contribution in [0.4, 0.5) is 0 Å². The Hall–Kier alpha value is -2.11. The number of hydrogen-bond acceptors (Lipinski definition) is 10. The molecule has 10 nitrogen and oxygen atoms in total. The second kappa shape index (κ2) is 7.97. The Labute approximate surface area is 220 Å². The molecule has 0 unspecified atom stereocenters. The minimum Gasteiger partial charge on any atom is -0.472 e. The number of furan rings is 1. The van der Waals surface area contributed by atoms with Gasteiger partial charge in [-0.2, -0.15) is 0 Å². The normalized spacial score (nSPS) is 53.6. The maximum Gasteiger partial charge on any atom is 0.302 e. The van der Waals surface area contributed by atoms with E-state index in [0.29, 0.717) is 5.56 Å². The first-order valence-corrected chi connectivity index (χ1v) is 13.4. The number of aliphatic hydroxyl groups is 4. The van der Waals surface area contributed by atoms with Gasteiger partial charge in [0.1, 0.15) is 18.0 Å². The van der Waals surface area contributed by atoms with Crippen LogP contribution in [0.15, 0.2) is 23.0 Å². The zero-order chi connectivity index (χ0) is 27.6. The number of fused-ring (bicyclic) bond motifs is 3. The van der Waals surface area contributed by atoms with Gasteiger partial charge in [0.15, 0.2) is 12.1 Å². The van der Waals surface area contributed by atoms with Crippen molar-refractivity contribution in [1.29, 1.82) is 0 Å². The second-order valence-electron chi connectivity index (χ2n) is 13.0. The van der Waals surface area contributed by atoms with Crippen LogP contribution in [0.3, 0.4) is 0 Å². The second-order valence-corrected chi connectivity index (χ2v) is 13.0. The van der Waals surface area contributed by atoms with Crippen LogP contribution in [0.1, 0.15) is 58.4 Å². The molecular formula is C28H36O10. The first-order valence-electron chi connectivity index (χ1n) is 13.4. The summed E-state index contributed by atoms with van der Waals surface area (Å²) in [4.78, 5) is 40.2. The number of Topliss-reactive ketones (excluding diaryl/α,β-unsaturated/α-hetero) is 2. The molecule has 0 radical (unpaired) electrons. The fourth-order valence-corrected chi connectivity index (χ4v) is 10.0. The van der Waals surface area contributed by atoms with Gasteiger partial charge in [0, 0.05) is 53.8 Å². The first-order chi connectivity index (χ1) is 17.8. The Bertz CT molecular complexity index is 1180. The molecule has 208 valence electrons. The van der Waals surface area contributed by atoms with E-state index in [-0.39, 0.29) is 31.7 Å². The molecule has 0 spiro atoms. The van der Waals surface area contributed by atoms with Gasteiger partial charge in [-0.1, -0.05) is 20.8 Å². The fraction of sp³-hybridized carbons (Fsp3) is 0.750. The topological polar surface area (TPSA) is 164 Å². The monoisotopic (exact) mass is 532 g/mol. The standard InChI is InChI=1S/C28H36O10/c1-12(29)38-19-9-18(32)28-11-37-24(35)26(19,3)16(28)8-17(31)27(4)21-15(30)7-14(13-5-6-36-10-13)25(21,2)23(34)20(33)22(27)28/h5-6,10,14,16-19,21-24,31-32,34-35H,7-9,11H2,1-4H3/t14-,16-,17+,18-,19+,21+,22-,23-,24-,25-,26+,27-,28+/m0/s1. The summed E-state index contributed by atoms with van der Waals surface area (Å²) in [5.74, 6) is -4.49. The van der Waals surface area contributed by atoms with E-state index in [4.69, 9.17) is 13.9 Å². The van der Waals surface area contributed by atoms with Gasteiger partial charge in [-0.05, 0) is 24.0 Å². The van der Waals surface area contributed by atoms with E-state index in [2.05, 4.69) is 0 Å². The third-order valence-electron chi connectivity index (χ3n) is 11.6. The molecule has 2 bridgehead atoms. The largest absolute Gasteiger partial charge is 0.472 e. The molecule has 5 aliphatic rings. The zero-order valence-corrected chi connectivity index (χ0v) is 22.0. The molecule has 0 amide bonds. The van der Waals surface area contributed by atoms with E-state index in [1.165, 1.54) is 19.5 Å². The Morgan fingerprint density at radius 1 is 1.00 bits per heavy atom. The highest BCUT2D eigenvalue weighted by Crippen LogP contribution is 2.75. The average Bonchev–Trinajstić information content (AvgIpc) is 3.46. The first kappa shape index (κ1) is 26.1. The lowest BCUT2D eigenvalue weighted by molar-refractivity contribution is -0.371. The van der Waals surface area contributed by atoms with Gasteiger partial charge in [-0.25, -0.2) is 0 Å². The van der Waals surface area contributed by atoms with Crippen molar-refractivity contribution in [1.82, 2.24) is 0 Å². The third kappa shape index (κ3) is 2.78. The number of aliphatic hydroxyl groups excluding tert-OH is 4. The van der Waals surface area contributed by atoms with Crippen LogP contribution >= 0.6 is 0 Å². The van der Waals surface area contributed by atoms with Gasteiger partial charge in [-0.3, -0.25) is 14.4 Å². The number of carbonyl (C=O) groups excluding carboxylic acids is 3. The van der Waals surface area contributed by atoms with Crippen molar-refractivity contribution < 1.29 is 48.7 Å². The lowest BCUT2D eigenvalue weighted by atomic mass is 9.33. The molecule has 5 fully saturated rings. The molecule has 10 heteroatoms. The van der Waals surface area contributed by atoms with Crippen molar-refractivity contribution in [3.63, 3.8) is 0 Å². The smallest absolute Gasteiger partial charge is 0.302 e. The van der Waals surface area contributed by atoms with Crippen LogP contribution in [0.5, 0.6) is 0 Å². The molecule has 13 atom stereocenters. The van der Waals surface area contributed by atoms with Crippen molar-refractivity contribution in [2.45, 2.75) is 83.6 Å². The Morgan fingerprint density at radius 3 is 2.34 bits per heavy atom. The van der Waals surface area contributed by atoms with Crippen LogP contribution in [0, 0.1) is 39.4 Å². The Kier molecular flexibility index (Phi) is 5.48. The van der Waals surface area contributed by atoms with E-state index in [1.807, 2.05) is 0 Å². The van der Waals surface area contributed by atoms with Crippen LogP contribution in [0.25, 0.3) is 0 Å². The van der Waals surface area contributed by atoms with Gasteiger partial charge in [0.05, 0.1) is 36.8 Å². The molecule has 4 N–H and O–H groups in total. The van der Waals surface area contributed by atoms with Crippen LogP contribution in [0.2, 0.25) is 0 Å². The molecule has 4 aliphatic carbocycles.